The second-order valence-electron chi connectivity index (χ2n) is 4.86. The third-order valence-electron chi connectivity index (χ3n) is 3.51. The molecular formula is C12H21NO3. The van der Waals surface area contributed by atoms with Gasteiger partial charge in [0.25, 0.3) is 0 Å². The highest BCUT2D eigenvalue weighted by Gasteiger charge is 2.26. The highest BCUT2D eigenvalue weighted by atomic mass is 16.5. The lowest BCUT2D eigenvalue weighted by atomic mass is 9.92. The second-order valence-corrected chi connectivity index (χ2v) is 4.86. The molecule has 0 aromatic heterocycles. The largest absolute Gasteiger partial charge is 0.391 e. The molecule has 0 radical (unpaired) electrons. The molecule has 0 bridgehead atoms. The third-order valence-corrected chi connectivity index (χ3v) is 3.51. The maximum Gasteiger partial charge on any atom is 0.222 e. The van der Waals surface area contributed by atoms with Crippen LogP contribution in [0.2, 0.25) is 0 Å². The molecule has 1 aliphatic carbocycles. The third kappa shape index (κ3) is 3.19. The van der Waals surface area contributed by atoms with Gasteiger partial charge in [-0.05, 0) is 25.7 Å². The van der Waals surface area contributed by atoms with E-state index in [4.69, 9.17) is 4.74 Å². The number of aliphatic hydroxyl groups is 1. The lowest BCUT2D eigenvalue weighted by Crippen LogP contribution is -2.45. The van der Waals surface area contributed by atoms with Gasteiger partial charge in [0.2, 0.25) is 5.91 Å². The van der Waals surface area contributed by atoms with E-state index in [0.717, 1.165) is 45.1 Å². The Morgan fingerprint density at radius 3 is 2.75 bits per heavy atom. The van der Waals surface area contributed by atoms with E-state index >= 15 is 0 Å². The Morgan fingerprint density at radius 2 is 2.06 bits per heavy atom. The van der Waals surface area contributed by atoms with Gasteiger partial charge in [0.05, 0.1) is 24.7 Å². The minimum absolute atomic E-state index is 0.0258. The van der Waals surface area contributed by atoms with Crippen molar-refractivity contribution in [1.29, 1.82) is 0 Å². The monoisotopic (exact) mass is 227 g/mol. The molecule has 2 rings (SSSR count). The highest BCUT2D eigenvalue weighted by Crippen LogP contribution is 2.19. The summed E-state index contributed by atoms with van der Waals surface area (Å²) in [5.74, 6) is 0.0258. The summed E-state index contributed by atoms with van der Waals surface area (Å²) >= 11 is 0. The summed E-state index contributed by atoms with van der Waals surface area (Å²) in [6, 6.07) is -0.0392. The number of hydrogen-bond acceptors (Lipinski definition) is 3. The first kappa shape index (κ1) is 11.9. The van der Waals surface area contributed by atoms with Crippen LogP contribution in [-0.4, -0.2) is 35.9 Å². The molecule has 4 nitrogen and oxygen atoms in total. The first-order chi connectivity index (χ1) is 7.75. The highest BCUT2D eigenvalue weighted by molar-refractivity contribution is 5.76. The quantitative estimate of drug-likeness (QED) is 0.755. The van der Waals surface area contributed by atoms with E-state index in [0.29, 0.717) is 6.42 Å². The zero-order chi connectivity index (χ0) is 11.4. The number of ether oxygens (including phenoxy) is 1. The van der Waals surface area contributed by atoms with Crippen LogP contribution in [0.1, 0.15) is 44.9 Å². The van der Waals surface area contributed by atoms with Crippen molar-refractivity contribution in [2.24, 2.45) is 0 Å². The van der Waals surface area contributed by atoms with Gasteiger partial charge < -0.3 is 15.2 Å². The lowest BCUT2D eigenvalue weighted by Gasteiger charge is -2.28. The molecule has 1 saturated heterocycles. The molecule has 92 valence electrons. The number of amides is 1. The summed E-state index contributed by atoms with van der Waals surface area (Å²) in [6.07, 6.45) is 6.11. The SMILES string of the molecule is O=C(CC1CCCO1)NC1CCCCC1O. The van der Waals surface area contributed by atoms with Gasteiger partial charge in [0.15, 0.2) is 0 Å². The molecule has 0 spiro atoms. The topological polar surface area (TPSA) is 58.6 Å². The molecule has 3 unspecified atom stereocenters. The molecule has 2 N–H and O–H groups in total. The van der Waals surface area contributed by atoms with Crippen molar-refractivity contribution in [2.45, 2.75) is 63.2 Å². The normalized spacial score (nSPS) is 34.9. The van der Waals surface area contributed by atoms with Crippen molar-refractivity contribution < 1.29 is 14.6 Å². The fourth-order valence-electron chi connectivity index (χ4n) is 2.56. The van der Waals surface area contributed by atoms with E-state index < -0.39 is 0 Å². The van der Waals surface area contributed by atoms with Crippen LogP contribution in [0.5, 0.6) is 0 Å². The summed E-state index contributed by atoms with van der Waals surface area (Å²) in [5, 5.41) is 12.7. The standard InChI is InChI=1S/C12H21NO3/c14-11-6-2-1-5-10(11)13-12(15)8-9-4-3-7-16-9/h9-11,14H,1-8H2,(H,13,15). The second kappa shape index (κ2) is 5.64. The molecule has 3 atom stereocenters. The van der Waals surface area contributed by atoms with Crippen LogP contribution in [0, 0.1) is 0 Å². The summed E-state index contributed by atoms with van der Waals surface area (Å²) < 4.78 is 5.42. The van der Waals surface area contributed by atoms with Crippen molar-refractivity contribution in [2.75, 3.05) is 6.61 Å². The smallest absolute Gasteiger partial charge is 0.222 e. The van der Waals surface area contributed by atoms with E-state index in [9.17, 15) is 9.90 Å². The van der Waals surface area contributed by atoms with Crippen molar-refractivity contribution in [3.8, 4) is 0 Å². The van der Waals surface area contributed by atoms with Crippen molar-refractivity contribution >= 4 is 5.91 Å². The first-order valence-electron chi connectivity index (χ1n) is 6.35. The summed E-state index contributed by atoms with van der Waals surface area (Å²) in [6.45, 7) is 0.782. The number of carbonyl (C=O) groups excluding carboxylic acids is 1. The Morgan fingerprint density at radius 1 is 1.25 bits per heavy atom. The van der Waals surface area contributed by atoms with Crippen LogP contribution in [0.25, 0.3) is 0 Å². The summed E-state index contributed by atoms with van der Waals surface area (Å²) in [4.78, 5) is 11.7. The Balaban J connectivity index is 1.72. The number of rotatable bonds is 3. The van der Waals surface area contributed by atoms with Crippen LogP contribution >= 0.6 is 0 Å². The molecule has 1 saturated carbocycles. The van der Waals surface area contributed by atoms with Gasteiger partial charge in [-0.1, -0.05) is 12.8 Å². The number of nitrogens with one attached hydrogen (secondary N) is 1. The molecule has 1 amide bonds. The Bertz CT molecular complexity index is 238. The Kier molecular flexibility index (Phi) is 4.18. The van der Waals surface area contributed by atoms with Gasteiger partial charge in [0.1, 0.15) is 0 Å². The molecular weight excluding hydrogens is 206 g/mol. The van der Waals surface area contributed by atoms with E-state index in [2.05, 4.69) is 5.32 Å². The maximum atomic E-state index is 11.7. The zero-order valence-electron chi connectivity index (χ0n) is 9.65. The molecule has 0 aromatic rings. The van der Waals surface area contributed by atoms with Crippen molar-refractivity contribution in [3.63, 3.8) is 0 Å². The van der Waals surface area contributed by atoms with E-state index in [1.165, 1.54) is 0 Å². The zero-order valence-corrected chi connectivity index (χ0v) is 9.65. The van der Waals surface area contributed by atoms with Crippen molar-refractivity contribution in [1.82, 2.24) is 5.32 Å². The average Bonchev–Trinajstić information content (AvgIpc) is 2.74. The molecule has 4 heteroatoms. The predicted molar refractivity (Wildman–Crippen MR) is 60.0 cm³/mol. The molecule has 1 heterocycles. The van der Waals surface area contributed by atoms with Gasteiger partial charge in [-0.25, -0.2) is 0 Å². The molecule has 1 aliphatic heterocycles. The molecule has 2 fully saturated rings. The first-order valence-corrected chi connectivity index (χ1v) is 6.35. The van der Waals surface area contributed by atoms with Crippen LogP contribution in [0.3, 0.4) is 0 Å². The maximum absolute atomic E-state index is 11.7. The fourth-order valence-corrected chi connectivity index (χ4v) is 2.56. The van der Waals surface area contributed by atoms with Crippen LogP contribution in [0.15, 0.2) is 0 Å². The van der Waals surface area contributed by atoms with E-state index in [-0.39, 0.29) is 24.2 Å². The van der Waals surface area contributed by atoms with Crippen LogP contribution in [-0.2, 0) is 9.53 Å². The van der Waals surface area contributed by atoms with Crippen molar-refractivity contribution in [3.05, 3.63) is 0 Å². The molecule has 0 aromatic carbocycles. The van der Waals surface area contributed by atoms with Gasteiger partial charge in [-0.15, -0.1) is 0 Å². The number of carbonyl (C=O) groups is 1. The van der Waals surface area contributed by atoms with Gasteiger partial charge in [-0.3, -0.25) is 4.79 Å². The predicted octanol–water partition coefficient (Wildman–Crippen LogP) is 0.975. The van der Waals surface area contributed by atoms with E-state index in [1.54, 1.807) is 0 Å². The molecule has 16 heavy (non-hydrogen) atoms. The Labute approximate surface area is 96.4 Å². The lowest BCUT2D eigenvalue weighted by molar-refractivity contribution is -0.125. The average molecular weight is 227 g/mol. The van der Waals surface area contributed by atoms with Crippen LogP contribution < -0.4 is 5.32 Å². The summed E-state index contributed by atoms with van der Waals surface area (Å²) in [5.41, 5.74) is 0. The van der Waals surface area contributed by atoms with E-state index in [1.807, 2.05) is 0 Å². The minimum Gasteiger partial charge on any atom is -0.391 e. The minimum atomic E-state index is -0.359. The van der Waals surface area contributed by atoms with Gasteiger partial charge >= 0.3 is 0 Å². The van der Waals surface area contributed by atoms with Gasteiger partial charge in [0, 0.05) is 6.61 Å². The number of aliphatic hydroxyl groups excluding tert-OH is 1. The molecule has 2 aliphatic rings. The number of hydrogen-bond donors (Lipinski definition) is 2. The summed E-state index contributed by atoms with van der Waals surface area (Å²) in [7, 11) is 0. The Hall–Kier alpha value is -0.610. The fraction of sp³-hybridized carbons (Fsp3) is 0.917. The van der Waals surface area contributed by atoms with Gasteiger partial charge in [-0.2, -0.15) is 0 Å². The van der Waals surface area contributed by atoms with Crippen LogP contribution in [0.4, 0.5) is 0 Å².